The van der Waals surface area contributed by atoms with Crippen LogP contribution >= 0.6 is 11.3 Å². The second-order valence-corrected chi connectivity index (χ2v) is 4.56. The first kappa shape index (κ1) is 11.9. The number of aryl methyl sites for hydroxylation is 1. The quantitative estimate of drug-likeness (QED) is 0.803. The van der Waals surface area contributed by atoms with Gasteiger partial charge in [-0.15, -0.1) is 0 Å². The van der Waals surface area contributed by atoms with E-state index in [9.17, 15) is 13.2 Å². The van der Waals surface area contributed by atoms with E-state index in [2.05, 4.69) is 4.98 Å². The van der Waals surface area contributed by atoms with Crippen LogP contribution < -0.4 is 4.74 Å². The SMILES string of the molecule is Cc1cnc(Oc2ccc(C(F)(F)F)cc2)s1. The molecule has 0 aliphatic carbocycles. The van der Waals surface area contributed by atoms with Gasteiger partial charge in [0.05, 0.1) is 5.56 Å². The molecule has 0 saturated carbocycles. The normalized spacial score (nSPS) is 11.5. The largest absolute Gasteiger partial charge is 0.431 e. The molecule has 0 N–H and O–H groups in total. The van der Waals surface area contributed by atoms with Gasteiger partial charge in [0.2, 0.25) is 0 Å². The highest BCUT2D eigenvalue weighted by molar-refractivity contribution is 7.13. The molecule has 90 valence electrons. The Bertz CT molecular complexity index is 504. The monoisotopic (exact) mass is 259 g/mol. The lowest BCUT2D eigenvalue weighted by molar-refractivity contribution is -0.137. The van der Waals surface area contributed by atoms with Gasteiger partial charge >= 0.3 is 6.18 Å². The van der Waals surface area contributed by atoms with Crippen LogP contribution in [0.1, 0.15) is 10.4 Å². The average molecular weight is 259 g/mol. The van der Waals surface area contributed by atoms with Crippen LogP contribution in [-0.2, 0) is 6.18 Å². The number of thiazole rings is 1. The van der Waals surface area contributed by atoms with E-state index in [-0.39, 0.29) is 0 Å². The Morgan fingerprint density at radius 1 is 1.18 bits per heavy atom. The highest BCUT2D eigenvalue weighted by atomic mass is 32.1. The number of aromatic nitrogens is 1. The maximum Gasteiger partial charge on any atom is 0.416 e. The molecule has 0 bridgehead atoms. The van der Waals surface area contributed by atoms with Crippen LogP contribution in [0, 0.1) is 6.92 Å². The van der Waals surface area contributed by atoms with Gasteiger partial charge in [0.15, 0.2) is 0 Å². The van der Waals surface area contributed by atoms with Crippen LogP contribution in [-0.4, -0.2) is 4.98 Å². The van der Waals surface area contributed by atoms with Gasteiger partial charge in [0.1, 0.15) is 5.75 Å². The summed E-state index contributed by atoms with van der Waals surface area (Å²) in [5.74, 6) is 0.340. The van der Waals surface area contributed by atoms with Crippen LogP contribution in [0.2, 0.25) is 0 Å². The van der Waals surface area contributed by atoms with Crippen molar-refractivity contribution in [1.29, 1.82) is 0 Å². The van der Waals surface area contributed by atoms with Crippen molar-refractivity contribution in [2.75, 3.05) is 0 Å². The number of ether oxygens (including phenoxy) is 1. The van der Waals surface area contributed by atoms with E-state index in [4.69, 9.17) is 4.74 Å². The second-order valence-electron chi connectivity index (χ2n) is 3.36. The fourth-order valence-corrected chi connectivity index (χ4v) is 1.82. The topological polar surface area (TPSA) is 22.1 Å². The zero-order valence-electron chi connectivity index (χ0n) is 8.78. The van der Waals surface area contributed by atoms with Gasteiger partial charge in [-0.25, -0.2) is 4.98 Å². The summed E-state index contributed by atoms with van der Waals surface area (Å²) in [7, 11) is 0. The maximum atomic E-state index is 12.3. The van der Waals surface area contributed by atoms with Crippen LogP contribution in [0.5, 0.6) is 10.9 Å². The van der Waals surface area contributed by atoms with E-state index in [1.165, 1.54) is 23.5 Å². The summed E-state index contributed by atoms with van der Waals surface area (Å²) in [5, 5.41) is 0.419. The first-order chi connectivity index (χ1) is 7.95. The summed E-state index contributed by atoms with van der Waals surface area (Å²) in [5.41, 5.74) is -0.694. The number of alkyl halides is 3. The molecule has 1 aromatic carbocycles. The van der Waals surface area contributed by atoms with Gasteiger partial charge in [-0.3, -0.25) is 0 Å². The molecular weight excluding hydrogens is 251 g/mol. The summed E-state index contributed by atoms with van der Waals surface area (Å²) in [6.07, 6.45) is -2.68. The van der Waals surface area contributed by atoms with Gasteiger partial charge < -0.3 is 4.74 Å². The minimum atomic E-state index is -4.32. The van der Waals surface area contributed by atoms with Crippen molar-refractivity contribution in [2.45, 2.75) is 13.1 Å². The molecule has 0 atom stereocenters. The molecule has 2 rings (SSSR count). The minimum Gasteiger partial charge on any atom is -0.431 e. The number of halogens is 3. The van der Waals surface area contributed by atoms with Gasteiger partial charge in [-0.2, -0.15) is 13.2 Å². The number of hydrogen-bond acceptors (Lipinski definition) is 3. The molecule has 17 heavy (non-hydrogen) atoms. The first-order valence-electron chi connectivity index (χ1n) is 4.73. The zero-order chi connectivity index (χ0) is 12.5. The number of hydrogen-bond donors (Lipinski definition) is 0. The van der Waals surface area contributed by atoms with Crippen molar-refractivity contribution >= 4 is 11.3 Å². The third-order valence-electron chi connectivity index (χ3n) is 1.99. The van der Waals surface area contributed by atoms with E-state index in [1.807, 2.05) is 6.92 Å². The predicted molar refractivity (Wildman–Crippen MR) is 58.4 cm³/mol. The summed E-state index contributed by atoms with van der Waals surface area (Å²) in [6.45, 7) is 1.87. The van der Waals surface area contributed by atoms with Gasteiger partial charge in [-0.1, -0.05) is 11.3 Å². The molecule has 0 unspecified atom stereocenters. The van der Waals surface area contributed by atoms with E-state index in [0.29, 0.717) is 10.9 Å². The summed E-state index contributed by atoms with van der Waals surface area (Å²) >= 11 is 1.34. The lowest BCUT2D eigenvalue weighted by atomic mass is 10.2. The second kappa shape index (κ2) is 4.37. The number of benzene rings is 1. The number of nitrogens with zero attached hydrogens (tertiary/aromatic N) is 1. The van der Waals surface area contributed by atoms with Gasteiger partial charge in [-0.05, 0) is 31.2 Å². The Morgan fingerprint density at radius 3 is 2.29 bits per heavy atom. The summed E-state index contributed by atoms with van der Waals surface area (Å²) < 4.78 is 42.2. The number of rotatable bonds is 2. The van der Waals surface area contributed by atoms with E-state index in [1.54, 1.807) is 6.20 Å². The van der Waals surface area contributed by atoms with Crippen molar-refractivity contribution in [2.24, 2.45) is 0 Å². The van der Waals surface area contributed by atoms with Crippen molar-refractivity contribution in [3.05, 3.63) is 40.9 Å². The molecule has 2 nitrogen and oxygen atoms in total. The molecule has 0 radical (unpaired) electrons. The fourth-order valence-electron chi connectivity index (χ4n) is 1.19. The van der Waals surface area contributed by atoms with E-state index in [0.717, 1.165) is 17.0 Å². The van der Waals surface area contributed by atoms with Crippen LogP contribution in [0.25, 0.3) is 0 Å². The lowest BCUT2D eigenvalue weighted by Gasteiger charge is -2.07. The molecule has 0 amide bonds. The predicted octanol–water partition coefficient (Wildman–Crippen LogP) is 4.26. The maximum absolute atomic E-state index is 12.3. The molecular formula is C11H8F3NOS. The molecule has 0 aliphatic rings. The Morgan fingerprint density at radius 2 is 1.82 bits per heavy atom. The molecule has 1 aromatic heterocycles. The average Bonchev–Trinajstić information content (AvgIpc) is 2.63. The van der Waals surface area contributed by atoms with Gasteiger partial charge in [0.25, 0.3) is 5.19 Å². The fraction of sp³-hybridized carbons (Fsp3) is 0.182. The van der Waals surface area contributed by atoms with Crippen molar-refractivity contribution in [3.63, 3.8) is 0 Å². The third-order valence-corrected chi connectivity index (χ3v) is 2.78. The van der Waals surface area contributed by atoms with Crippen LogP contribution in [0.15, 0.2) is 30.5 Å². The molecule has 1 heterocycles. The Balaban J connectivity index is 2.13. The first-order valence-corrected chi connectivity index (χ1v) is 5.54. The highest BCUT2D eigenvalue weighted by Crippen LogP contribution is 2.32. The summed E-state index contributed by atoms with van der Waals surface area (Å²) in [6, 6.07) is 4.52. The zero-order valence-corrected chi connectivity index (χ0v) is 9.60. The Kier molecular flexibility index (Phi) is 3.06. The molecule has 0 fully saturated rings. The molecule has 2 aromatic rings. The Hall–Kier alpha value is -1.56. The van der Waals surface area contributed by atoms with E-state index < -0.39 is 11.7 Å². The lowest BCUT2D eigenvalue weighted by Crippen LogP contribution is -2.03. The van der Waals surface area contributed by atoms with Crippen molar-refractivity contribution in [3.8, 4) is 10.9 Å². The van der Waals surface area contributed by atoms with Crippen molar-refractivity contribution in [1.82, 2.24) is 4.98 Å². The minimum absolute atomic E-state index is 0.340. The highest BCUT2D eigenvalue weighted by Gasteiger charge is 2.30. The van der Waals surface area contributed by atoms with Crippen LogP contribution in [0.4, 0.5) is 13.2 Å². The third kappa shape index (κ3) is 2.97. The standard InChI is InChI=1S/C11H8F3NOS/c1-7-6-15-10(17-7)16-9-4-2-8(3-5-9)11(12,13)14/h2-6H,1H3. The molecule has 0 spiro atoms. The molecule has 0 aliphatic heterocycles. The smallest absolute Gasteiger partial charge is 0.416 e. The van der Waals surface area contributed by atoms with Gasteiger partial charge in [0, 0.05) is 11.1 Å². The van der Waals surface area contributed by atoms with Crippen LogP contribution in [0.3, 0.4) is 0 Å². The van der Waals surface area contributed by atoms with Crippen molar-refractivity contribution < 1.29 is 17.9 Å². The molecule has 0 saturated heterocycles. The Labute approximate surface area is 99.7 Å². The van der Waals surface area contributed by atoms with E-state index >= 15 is 0 Å². The summed E-state index contributed by atoms with van der Waals surface area (Å²) in [4.78, 5) is 4.93. The molecule has 6 heteroatoms.